The van der Waals surface area contributed by atoms with Gasteiger partial charge in [0, 0.05) is 10.5 Å². The molecule has 2 rings (SSSR count). The summed E-state index contributed by atoms with van der Waals surface area (Å²) < 4.78 is 14.4. The fourth-order valence-electron chi connectivity index (χ4n) is 2.94. The molecule has 0 heterocycles. The fraction of sp³-hybridized carbons (Fsp3) is 0.562. The Hall–Kier alpha value is -0.900. The molecule has 1 saturated carbocycles. The Morgan fingerprint density at radius 3 is 2.70 bits per heavy atom. The Labute approximate surface area is 128 Å². The van der Waals surface area contributed by atoms with Crippen molar-refractivity contribution in [3.63, 3.8) is 0 Å². The predicted octanol–water partition coefficient (Wildman–Crippen LogP) is 4.68. The molecule has 0 saturated heterocycles. The third-order valence-electron chi connectivity index (χ3n) is 4.05. The first-order chi connectivity index (χ1) is 9.60. The number of nitrogens with one attached hydrogen (secondary N) is 1. The third-order valence-corrected chi connectivity index (χ3v) is 4.55. The van der Waals surface area contributed by atoms with Gasteiger partial charge in [-0.2, -0.15) is 0 Å². The molecule has 1 aliphatic carbocycles. The Kier molecular flexibility index (Phi) is 5.58. The van der Waals surface area contributed by atoms with Crippen LogP contribution >= 0.6 is 15.9 Å². The van der Waals surface area contributed by atoms with Gasteiger partial charge in [0.25, 0.3) is 5.91 Å². The van der Waals surface area contributed by atoms with Gasteiger partial charge >= 0.3 is 0 Å². The number of halogens is 2. The first kappa shape index (κ1) is 15.5. The molecule has 1 aromatic rings. The van der Waals surface area contributed by atoms with Crippen molar-refractivity contribution in [3.8, 4) is 0 Å². The highest BCUT2D eigenvalue weighted by atomic mass is 79.9. The van der Waals surface area contributed by atoms with E-state index in [9.17, 15) is 9.18 Å². The number of hydrogen-bond acceptors (Lipinski definition) is 1. The van der Waals surface area contributed by atoms with Crippen LogP contribution in [0.25, 0.3) is 0 Å². The van der Waals surface area contributed by atoms with E-state index in [-0.39, 0.29) is 17.5 Å². The van der Waals surface area contributed by atoms with Crippen molar-refractivity contribution in [2.24, 2.45) is 5.92 Å². The van der Waals surface area contributed by atoms with Gasteiger partial charge in [-0.25, -0.2) is 4.39 Å². The highest BCUT2D eigenvalue weighted by molar-refractivity contribution is 9.10. The van der Waals surface area contributed by atoms with Gasteiger partial charge in [-0.1, -0.05) is 35.7 Å². The van der Waals surface area contributed by atoms with Gasteiger partial charge in [-0.15, -0.1) is 0 Å². The summed E-state index contributed by atoms with van der Waals surface area (Å²) in [6, 6.07) is 4.64. The quantitative estimate of drug-likeness (QED) is 0.846. The van der Waals surface area contributed by atoms with Crippen LogP contribution in [0.2, 0.25) is 0 Å². The largest absolute Gasteiger partial charge is 0.349 e. The lowest BCUT2D eigenvalue weighted by atomic mass is 9.83. The second kappa shape index (κ2) is 7.21. The maximum atomic E-state index is 13.7. The van der Waals surface area contributed by atoms with E-state index in [2.05, 4.69) is 28.2 Å². The Morgan fingerprint density at radius 2 is 2.05 bits per heavy atom. The maximum Gasteiger partial charge on any atom is 0.254 e. The Morgan fingerprint density at radius 1 is 1.35 bits per heavy atom. The van der Waals surface area contributed by atoms with E-state index >= 15 is 0 Å². The number of amides is 1. The smallest absolute Gasteiger partial charge is 0.254 e. The van der Waals surface area contributed by atoms with Gasteiger partial charge in [0.1, 0.15) is 5.82 Å². The highest BCUT2D eigenvalue weighted by Crippen LogP contribution is 2.28. The van der Waals surface area contributed by atoms with E-state index in [1.165, 1.54) is 37.8 Å². The molecule has 1 aliphatic rings. The van der Waals surface area contributed by atoms with Crippen LogP contribution in [0.4, 0.5) is 4.39 Å². The van der Waals surface area contributed by atoms with Crippen molar-refractivity contribution >= 4 is 21.8 Å². The molecule has 1 fully saturated rings. The van der Waals surface area contributed by atoms with Crippen molar-refractivity contribution in [3.05, 3.63) is 34.1 Å². The molecule has 1 aromatic carbocycles. The SMILES string of the molecule is CCCC1CCC(NC(=O)c2cc(Br)ccc2F)CC1. The average Bonchev–Trinajstić information content (AvgIpc) is 2.44. The van der Waals surface area contributed by atoms with Gasteiger partial charge in [-0.05, 0) is 49.8 Å². The molecule has 4 heteroatoms. The Bertz CT molecular complexity index is 470. The summed E-state index contributed by atoms with van der Waals surface area (Å²) in [6.07, 6.45) is 6.85. The number of carbonyl (C=O) groups excluding carboxylic acids is 1. The van der Waals surface area contributed by atoms with Gasteiger partial charge in [0.05, 0.1) is 5.56 Å². The summed E-state index contributed by atoms with van der Waals surface area (Å²) in [7, 11) is 0. The molecule has 0 bridgehead atoms. The van der Waals surface area contributed by atoms with Crippen LogP contribution < -0.4 is 5.32 Å². The van der Waals surface area contributed by atoms with Crippen LogP contribution in [0.1, 0.15) is 55.8 Å². The molecule has 0 unspecified atom stereocenters. The van der Waals surface area contributed by atoms with Crippen LogP contribution in [0, 0.1) is 11.7 Å². The second-order valence-corrected chi connectivity index (χ2v) is 6.52. The topological polar surface area (TPSA) is 29.1 Å². The zero-order chi connectivity index (χ0) is 14.5. The molecular weight excluding hydrogens is 321 g/mol. The third kappa shape index (κ3) is 4.05. The minimum absolute atomic E-state index is 0.120. The number of benzene rings is 1. The molecule has 0 aliphatic heterocycles. The molecule has 0 radical (unpaired) electrons. The van der Waals surface area contributed by atoms with Crippen molar-refractivity contribution in [1.29, 1.82) is 0 Å². The van der Waals surface area contributed by atoms with E-state index in [1.807, 2.05) is 0 Å². The van der Waals surface area contributed by atoms with E-state index in [1.54, 1.807) is 6.07 Å². The maximum absolute atomic E-state index is 13.7. The normalized spacial score (nSPS) is 22.6. The molecule has 2 nitrogen and oxygen atoms in total. The van der Waals surface area contributed by atoms with Crippen molar-refractivity contribution in [2.45, 2.75) is 51.5 Å². The minimum Gasteiger partial charge on any atom is -0.349 e. The van der Waals surface area contributed by atoms with Crippen LogP contribution in [-0.2, 0) is 0 Å². The zero-order valence-corrected chi connectivity index (χ0v) is 13.4. The van der Waals surface area contributed by atoms with Gasteiger partial charge in [-0.3, -0.25) is 4.79 Å². The Balaban J connectivity index is 1.91. The lowest BCUT2D eigenvalue weighted by molar-refractivity contribution is 0.0917. The van der Waals surface area contributed by atoms with Gasteiger partial charge in [0.2, 0.25) is 0 Å². The molecule has 0 aromatic heterocycles. The molecule has 110 valence electrons. The van der Waals surface area contributed by atoms with E-state index in [0.717, 1.165) is 23.2 Å². The van der Waals surface area contributed by atoms with Gasteiger partial charge < -0.3 is 5.32 Å². The predicted molar refractivity (Wildman–Crippen MR) is 82.2 cm³/mol. The van der Waals surface area contributed by atoms with Crippen LogP contribution in [0.15, 0.2) is 22.7 Å². The first-order valence-electron chi connectivity index (χ1n) is 7.36. The van der Waals surface area contributed by atoms with Crippen LogP contribution in [-0.4, -0.2) is 11.9 Å². The lowest BCUT2D eigenvalue weighted by Crippen LogP contribution is -2.38. The van der Waals surface area contributed by atoms with E-state index in [0.29, 0.717) is 0 Å². The average molecular weight is 342 g/mol. The number of hydrogen-bond donors (Lipinski definition) is 1. The molecule has 1 N–H and O–H groups in total. The molecule has 0 atom stereocenters. The van der Waals surface area contributed by atoms with E-state index in [4.69, 9.17) is 0 Å². The summed E-state index contributed by atoms with van der Waals surface area (Å²) in [4.78, 5) is 12.1. The summed E-state index contributed by atoms with van der Waals surface area (Å²) in [6.45, 7) is 2.21. The first-order valence-corrected chi connectivity index (χ1v) is 8.15. The van der Waals surface area contributed by atoms with Crippen molar-refractivity contribution in [2.75, 3.05) is 0 Å². The second-order valence-electron chi connectivity index (χ2n) is 5.60. The number of rotatable bonds is 4. The standard InChI is InChI=1S/C16H21BrFNO/c1-2-3-11-4-7-13(8-5-11)19-16(20)14-10-12(17)6-9-15(14)18/h6,9-11,13H,2-5,7-8H2,1H3,(H,19,20). The van der Waals surface area contributed by atoms with Crippen LogP contribution in [0.3, 0.4) is 0 Å². The fourth-order valence-corrected chi connectivity index (χ4v) is 3.30. The van der Waals surface area contributed by atoms with Gasteiger partial charge in [0.15, 0.2) is 0 Å². The zero-order valence-electron chi connectivity index (χ0n) is 11.8. The number of carbonyl (C=O) groups is 1. The van der Waals surface area contributed by atoms with Crippen molar-refractivity contribution in [1.82, 2.24) is 5.32 Å². The lowest BCUT2D eigenvalue weighted by Gasteiger charge is -2.29. The molecule has 1 amide bonds. The summed E-state index contributed by atoms with van der Waals surface area (Å²) >= 11 is 3.27. The molecular formula is C16H21BrFNO. The summed E-state index contributed by atoms with van der Waals surface area (Å²) in [5.41, 5.74) is 0.120. The summed E-state index contributed by atoms with van der Waals surface area (Å²) in [5, 5.41) is 2.97. The highest BCUT2D eigenvalue weighted by Gasteiger charge is 2.23. The monoisotopic (exact) mass is 341 g/mol. The van der Waals surface area contributed by atoms with Crippen molar-refractivity contribution < 1.29 is 9.18 Å². The van der Waals surface area contributed by atoms with E-state index < -0.39 is 5.82 Å². The molecule has 20 heavy (non-hydrogen) atoms. The minimum atomic E-state index is -0.467. The van der Waals surface area contributed by atoms with Crippen LogP contribution in [0.5, 0.6) is 0 Å². The molecule has 0 spiro atoms. The summed E-state index contributed by atoms with van der Waals surface area (Å²) in [5.74, 6) is 0.0314.